The summed E-state index contributed by atoms with van der Waals surface area (Å²) < 4.78 is 0. The highest BCUT2D eigenvalue weighted by atomic mass is 16.4. The molecule has 0 saturated heterocycles. The van der Waals surface area contributed by atoms with Gasteiger partial charge in [-0.05, 0) is 24.3 Å². The summed E-state index contributed by atoms with van der Waals surface area (Å²) in [6, 6.07) is 12.6. The number of nitrogens with one attached hydrogen (secondary N) is 2. The third-order valence-corrected chi connectivity index (χ3v) is 3.81. The lowest BCUT2D eigenvalue weighted by atomic mass is 10.1. The van der Waals surface area contributed by atoms with E-state index in [2.05, 4.69) is 15.6 Å². The Morgan fingerprint density at radius 1 is 1.12 bits per heavy atom. The van der Waals surface area contributed by atoms with Crippen LogP contribution in [0.15, 0.2) is 47.5 Å². The zero-order valence-corrected chi connectivity index (χ0v) is 14.3. The third kappa shape index (κ3) is 5.66. The van der Waals surface area contributed by atoms with Crippen molar-refractivity contribution in [3.63, 3.8) is 0 Å². The molecule has 1 amide bonds. The van der Waals surface area contributed by atoms with E-state index in [1.807, 2.05) is 42.5 Å². The van der Waals surface area contributed by atoms with E-state index in [9.17, 15) is 14.7 Å². The molecule has 8 heteroatoms. The molecule has 2 rings (SSSR count). The Morgan fingerprint density at radius 3 is 2.58 bits per heavy atom. The normalized spacial score (nSPS) is 11.5. The summed E-state index contributed by atoms with van der Waals surface area (Å²) in [4.78, 5) is 27.2. The second-order valence-electron chi connectivity index (χ2n) is 5.79. The molecule has 0 fully saturated rings. The number of rotatable bonds is 9. The number of hydrogen-bond donors (Lipinski definition) is 5. The SMILES string of the molecule is NC(N)=NCCC[C@H](NC(=O)CNc1cccc2ccccc12)C(=O)O. The van der Waals surface area contributed by atoms with Gasteiger partial charge in [0.2, 0.25) is 5.91 Å². The van der Waals surface area contributed by atoms with Gasteiger partial charge in [0.1, 0.15) is 6.04 Å². The number of nitrogens with zero attached hydrogens (tertiary/aromatic N) is 1. The number of fused-ring (bicyclic) bond motifs is 1. The van der Waals surface area contributed by atoms with Gasteiger partial charge in [-0.1, -0.05) is 36.4 Å². The molecular weight excluding hydrogens is 334 g/mol. The van der Waals surface area contributed by atoms with Gasteiger partial charge in [0, 0.05) is 17.6 Å². The fraction of sp³-hybridized carbons (Fsp3) is 0.278. The van der Waals surface area contributed by atoms with Gasteiger partial charge in [-0.25, -0.2) is 4.79 Å². The summed E-state index contributed by atoms with van der Waals surface area (Å²) in [5, 5.41) is 16.9. The number of carboxylic acids is 1. The van der Waals surface area contributed by atoms with Gasteiger partial charge >= 0.3 is 5.97 Å². The molecule has 0 aliphatic carbocycles. The van der Waals surface area contributed by atoms with E-state index in [1.54, 1.807) is 0 Å². The molecule has 0 aliphatic rings. The Hall–Kier alpha value is -3.29. The highest BCUT2D eigenvalue weighted by Crippen LogP contribution is 2.22. The van der Waals surface area contributed by atoms with Crippen molar-refractivity contribution < 1.29 is 14.7 Å². The first-order chi connectivity index (χ1) is 12.5. The Labute approximate surface area is 151 Å². The van der Waals surface area contributed by atoms with Crippen molar-refractivity contribution in [3.8, 4) is 0 Å². The monoisotopic (exact) mass is 357 g/mol. The highest BCUT2D eigenvalue weighted by molar-refractivity contribution is 5.95. The summed E-state index contributed by atoms with van der Waals surface area (Å²) in [7, 11) is 0. The van der Waals surface area contributed by atoms with E-state index in [0.29, 0.717) is 13.0 Å². The number of carbonyl (C=O) groups is 2. The van der Waals surface area contributed by atoms with Crippen LogP contribution in [0, 0.1) is 0 Å². The average Bonchev–Trinajstić information content (AvgIpc) is 2.62. The summed E-state index contributed by atoms with van der Waals surface area (Å²) in [6.45, 7) is 0.294. The second-order valence-corrected chi connectivity index (χ2v) is 5.79. The average molecular weight is 357 g/mol. The van der Waals surface area contributed by atoms with Crippen LogP contribution in [-0.2, 0) is 9.59 Å². The minimum atomic E-state index is -1.09. The number of amides is 1. The molecule has 0 unspecified atom stereocenters. The Kier molecular flexibility index (Phi) is 6.78. The molecule has 0 saturated carbocycles. The van der Waals surface area contributed by atoms with Crippen LogP contribution in [0.5, 0.6) is 0 Å². The lowest BCUT2D eigenvalue weighted by molar-refractivity contribution is -0.141. The standard InChI is InChI=1S/C18H23N5O3/c19-18(20)21-10-4-9-15(17(25)26)23-16(24)11-22-14-8-3-6-12-5-1-2-7-13(12)14/h1-3,5-8,15,22H,4,9-11H2,(H,23,24)(H,25,26)(H4,19,20,21)/t15-/m0/s1. The summed E-state index contributed by atoms with van der Waals surface area (Å²) in [6.07, 6.45) is 0.692. The predicted molar refractivity (Wildman–Crippen MR) is 102 cm³/mol. The van der Waals surface area contributed by atoms with Crippen molar-refractivity contribution >= 4 is 34.3 Å². The molecule has 26 heavy (non-hydrogen) atoms. The summed E-state index contributed by atoms with van der Waals surface area (Å²) in [5.74, 6) is -1.53. The largest absolute Gasteiger partial charge is 0.480 e. The van der Waals surface area contributed by atoms with Crippen LogP contribution in [0.3, 0.4) is 0 Å². The van der Waals surface area contributed by atoms with Gasteiger partial charge in [0.25, 0.3) is 0 Å². The number of carboxylic acid groups (broad SMARTS) is 1. The predicted octanol–water partition coefficient (Wildman–Crippen LogP) is 0.875. The van der Waals surface area contributed by atoms with Crippen LogP contribution >= 0.6 is 0 Å². The van der Waals surface area contributed by atoms with Crippen LogP contribution in [0.25, 0.3) is 10.8 Å². The number of nitrogens with two attached hydrogens (primary N) is 2. The lowest BCUT2D eigenvalue weighted by Gasteiger charge is -2.15. The number of hydrogen-bond acceptors (Lipinski definition) is 4. The van der Waals surface area contributed by atoms with Crippen molar-refractivity contribution in [2.45, 2.75) is 18.9 Å². The van der Waals surface area contributed by atoms with Crippen molar-refractivity contribution in [2.24, 2.45) is 16.5 Å². The van der Waals surface area contributed by atoms with Crippen LogP contribution in [0.2, 0.25) is 0 Å². The number of guanidine groups is 1. The van der Waals surface area contributed by atoms with Crippen molar-refractivity contribution in [1.82, 2.24) is 5.32 Å². The number of benzene rings is 2. The maximum Gasteiger partial charge on any atom is 0.326 e. The zero-order valence-electron chi connectivity index (χ0n) is 14.3. The fourth-order valence-corrected chi connectivity index (χ4v) is 2.56. The smallest absolute Gasteiger partial charge is 0.326 e. The Balaban J connectivity index is 1.89. The zero-order chi connectivity index (χ0) is 18.9. The molecule has 7 N–H and O–H groups in total. The molecule has 138 valence electrons. The minimum absolute atomic E-state index is 0.0221. The van der Waals surface area contributed by atoms with Crippen LogP contribution in [0.1, 0.15) is 12.8 Å². The summed E-state index contributed by atoms with van der Waals surface area (Å²) in [5.41, 5.74) is 11.3. The molecule has 1 atom stereocenters. The Bertz CT molecular complexity index is 797. The van der Waals surface area contributed by atoms with Gasteiger partial charge in [-0.2, -0.15) is 0 Å². The Morgan fingerprint density at radius 2 is 1.85 bits per heavy atom. The van der Waals surface area contributed by atoms with Crippen molar-refractivity contribution in [2.75, 3.05) is 18.4 Å². The molecule has 0 radical (unpaired) electrons. The molecule has 2 aromatic rings. The van der Waals surface area contributed by atoms with Gasteiger partial charge in [0.05, 0.1) is 6.54 Å². The number of aliphatic carboxylic acids is 1. The molecule has 0 spiro atoms. The molecule has 0 heterocycles. The molecule has 0 aromatic heterocycles. The number of carbonyl (C=O) groups excluding carboxylic acids is 1. The van der Waals surface area contributed by atoms with E-state index >= 15 is 0 Å². The maximum absolute atomic E-state index is 12.1. The third-order valence-electron chi connectivity index (χ3n) is 3.81. The molecule has 0 bridgehead atoms. The minimum Gasteiger partial charge on any atom is -0.480 e. The first-order valence-electron chi connectivity index (χ1n) is 8.26. The van der Waals surface area contributed by atoms with Gasteiger partial charge < -0.3 is 27.2 Å². The van der Waals surface area contributed by atoms with Crippen LogP contribution < -0.4 is 22.1 Å². The topological polar surface area (TPSA) is 143 Å². The van der Waals surface area contributed by atoms with Crippen LogP contribution in [0.4, 0.5) is 5.69 Å². The molecule has 2 aromatic carbocycles. The van der Waals surface area contributed by atoms with E-state index in [4.69, 9.17) is 11.5 Å². The first-order valence-corrected chi connectivity index (χ1v) is 8.26. The van der Waals surface area contributed by atoms with E-state index in [0.717, 1.165) is 16.5 Å². The number of anilines is 1. The quantitative estimate of drug-likeness (QED) is 0.256. The highest BCUT2D eigenvalue weighted by Gasteiger charge is 2.19. The lowest BCUT2D eigenvalue weighted by Crippen LogP contribution is -2.43. The van der Waals surface area contributed by atoms with E-state index in [-0.39, 0.29) is 18.9 Å². The molecule has 0 aliphatic heterocycles. The molecular formula is C18H23N5O3. The second kappa shape index (κ2) is 9.26. The molecule has 8 nitrogen and oxygen atoms in total. The van der Waals surface area contributed by atoms with Crippen LogP contribution in [-0.4, -0.2) is 42.1 Å². The first kappa shape index (κ1) is 19.0. The van der Waals surface area contributed by atoms with E-state index < -0.39 is 17.9 Å². The van der Waals surface area contributed by atoms with Crippen molar-refractivity contribution in [1.29, 1.82) is 0 Å². The van der Waals surface area contributed by atoms with Gasteiger partial charge in [-0.15, -0.1) is 0 Å². The van der Waals surface area contributed by atoms with Gasteiger partial charge in [0.15, 0.2) is 5.96 Å². The van der Waals surface area contributed by atoms with Gasteiger partial charge in [-0.3, -0.25) is 9.79 Å². The van der Waals surface area contributed by atoms with Crippen molar-refractivity contribution in [3.05, 3.63) is 42.5 Å². The summed E-state index contributed by atoms with van der Waals surface area (Å²) >= 11 is 0. The van der Waals surface area contributed by atoms with E-state index in [1.165, 1.54) is 0 Å². The fourth-order valence-electron chi connectivity index (χ4n) is 2.56. The number of aliphatic imine (C=N–C) groups is 1. The maximum atomic E-state index is 12.1.